The molecule has 0 saturated heterocycles. The van der Waals surface area contributed by atoms with Crippen LogP contribution >= 0.6 is 23.2 Å². The van der Waals surface area contributed by atoms with E-state index in [-0.39, 0.29) is 5.91 Å². The van der Waals surface area contributed by atoms with Gasteiger partial charge in [-0.2, -0.15) is 0 Å². The first-order valence-corrected chi connectivity index (χ1v) is 10.1. The number of anilines is 1. The molecule has 0 atom stereocenters. The first-order valence-electron chi connectivity index (χ1n) is 9.18. The highest BCUT2D eigenvalue weighted by molar-refractivity contribution is 6.30. The average molecular weight is 408 g/mol. The van der Waals surface area contributed by atoms with Crippen molar-refractivity contribution < 1.29 is 4.79 Å². The predicted octanol–water partition coefficient (Wildman–Crippen LogP) is 6.83. The Morgan fingerprint density at radius 2 is 1.57 bits per heavy atom. The molecule has 0 saturated carbocycles. The van der Waals surface area contributed by atoms with Gasteiger partial charge in [0.2, 0.25) is 0 Å². The third-order valence-electron chi connectivity index (χ3n) is 4.97. The summed E-state index contributed by atoms with van der Waals surface area (Å²) >= 11 is 11.9. The molecule has 1 amide bonds. The van der Waals surface area contributed by atoms with E-state index in [2.05, 4.69) is 17.5 Å². The highest BCUT2D eigenvalue weighted by Gasteiger charge is 2.12. The van der Waals surface area contributed by atoms with E-state index in [9.17, 15) is 4.79 Å². The number of fused-ring (bicyclic) bond motifs is 1. The predicted molar refractivity (Wildman–Crippen MR) is 118 cm³/mol. The van der Waals surface area contributed by atoms with Crippen LogP contribution in [-0.2, 0) is 6.42 Å². The minimum atomic E-state index is -0.115. The molecular formula is C24H19Cl2NO. The molecule has 0 unspecified atom stereocenters. The summed E-state index contributed by atoms with van der Waals surface area (Å²) in [4.78, 5) is 12.6. The fourth-order valence-electron chi connectivity index (χ4n) is 3.39. The van der Waals surface area contributed by atoms with Gasteiger partial charge in [-0.25, -0.2) is 0 Å². The molecule has 0 spiro atoms. The summed E-state index contributed by atoms with van der Waals surface area (Å²) in [5, 5.41) is 3.70. The van der Waals surface area contributed by atoms with Gasteiger partial charge in [-0.3, -0.25) is 4.79 Å². The highest BCUT2D eigenvalue weighted by atomic mass is 35.5. The number of hydrogen-bond acceptors (Lipinski definition) is 1. The molecule has 3 aromatic rings. The Hall–Kier alpha value is -2.55. The fraction of sp³-hybridized carbons (Fsp3) is 0.125. The summed E-state index contributed by atoms with van der Waals surface area (Å²) in [6.45, 7) is 0. The molecular weight excluding hydrogens is 389 g/mol. The Bertz CT molecular complexity index is 1040. The summed E-state index contributed by atoms with van der Waals surface area (Å²) in [6, 6.07) is 21.3. The summed E-state index contributed by atoms with van der Waals surface area (Å²) < 4.78 is 0. The van der Waals surface area contributed by atoms with E-state index in [0.29, 0.717) is 16.5 Å². The van der Waals surface area contributed by atoms with Gasteiger partial charge in [0.15, 0.2) is 0 Å². The van der Waals surface area contributed by atoms with Gasteiger partial charge in [-0.15, -0.1) is 11.6 Å². The largest absolute Gasteiger partial charge is 0.322 e. The van der Waals surface area contributed by atoms with Crippen molar-refractivity contribution in [3.63, 3.8) is 0 Å². The van der Waals surface area contributed by atoms with Crippen molar-refractivity contribution in [2.75, 3.05) is 11.2 Å². The van der Waals surface area contributed by atoms with E-state index < -0.39 is 0 Å². The molecule has 140 valence electrons. The highest BCUT2D eigenvalue weighted by Crippen LogP contribution is 2.27. The Labute approximate surface area is 174 Å². The number of alkyl halides is 1. The number of carbonyl (C=O) groups excluding carboxylic acids is 1. The van der Waals surface area contributed by atoms with Gasteiger partial charge in [0.1, 0.15) is 0 Å². The van der Waals surface area contributed by atoms with Gasteiger partial charge in [-0.1, -0.05) is 53.6 Å². The third kappa shape index (κ3) is 4.14. The average Bonchev–Trinajstić information content (AvgIpc) is 2.74. The van der Waals surface area contributed by atoms with E-state index in [4.69, 9.17) is 23.2 Å². The van der Waals surface area contributed by atoms with E-state index in [0.717, 1.165) is 29.7 Å². The number of carbonyl (C=O) groups is 1. The first kappa shape index (κ1) is 18.8. The van der Waals surface area contributed by atoms with Crippen molar-refractivity contribution in [1.29, 1.82) is 0 Å². The van der Waals surface area contributed by atoms with E-state index in [1.807, 2.05) is 60.7 Å². The zero-order valence-corrected chi connectivity index (χ0v) is 16.7. The van der Waals surface area contributed by atoms with Gasteiger partial charge >= 0.3 is 0 Å². The van der Waals surface area contributed by atoms with Gasteiger partial charge < -0.3 is 5.32 Å². The molecule has 1 N–H and O–H groups in total. The van der Waals surface area contributed by atoms with Crippen molar-refractivity contribution in [3.05, 3.63) is 94.0 Å². The number of nitrogens with one attached hydrogen (secondary N) is 1. The lowest BCUT2D eigenvalue weighted by atomic mass is 9.92. The van der Waals surface area contributed by atoms with Crippen molar-refractivity contribution >= 4 is 40.9 Å². The SMILES string of the molecule is O=C(Nc1ccc2c(c1)CCC(CCl)=C2)c1ccc(-c2ccc(Cl)cc2)cc1. The molecule has 0 radical (unpaired) electrons. The maximum atomic E-state index is 12.6. The normalized spacial score (nSPS) is 12.9. The standard InChI is InChI=1S/C24H19Cl2NO/c25-15-16-1-2-21-14-23(12-9-20(21)13-16)27-24(28)19-5-3-17(4-6-19)18-7-10-22(26)11-8-18/h3-14H,1-2,15H2,(H,27,28). The summed E-state index contributed by atoms with van der Waals surface area (Å²) in [5.74, 6) is 0.458. The Balaban J connectivity index is 1.48. The number of halogens is 2. The smallest absolute Gasteiger partial charge is 0.255 e. The molecule has 2 nitrogen and oxygen atoms in total. The van der Waals surface area contributed by atoms with Crippen LogP contribution in [0.5, 0.6) is 0 Å². The maximum absolute atomic E-state index is 12.6. The zero-order valence-electron chi connectivity index (χ0n) is 15.2. The van der Waals surface area contributed by atoms with Crippen molar-refractivity contribution in [2.45, 2.75) is 12.8 Å². The molecule has 0 bridgehead atoms. The lowest BCUT2D eigenvalue weighted by Crippen LogP contribution is -2.12. The molecule has 0 fully saturated rings. The fourth-order valence-corrected chi connectivity index (χ4v) is 3.73. The van der Waals surface area contributed by atoms with Crippen LogP contribution < -0.4 is 5.32 Å². The van der Waals surface area contributed by atoms with Crippen LogP contribution in [-0.4, -0.2) is 11.8 Å². The van der Waals surface area contributed by atoms with Gasteiger partial charge in [0.25, 0.3) is 5.91 Å². The number of allylic oxidation sites excluding steroid dienone is 1. The van der Waals surface area contributed by atoms with Crippen LogP contribution in [0.4, 0.5) is 5.69 Å². The molecule has 4 heteroatoms. The molecule has 1 aliphatic rings. The van der Waals surface area contributed by atoms with Crippen molar-refractivity contribution in [1.82, 2.24) is 0 Å². The van der Waals surface area contributed by atoms with Gasteiger partial charge in [0.05, 0.1) is 0 Å². The Morgan fingerprint density at radius 1 is 0.893 bits per heavy atom. The molecule has 3 aromatic carbocycles. The number of amides is 1. The number of hydrogen-bond donors (Lipinski definition) is 1. The number of benzene rings is 3. The number of aryl methyl sites for hydroxylation is 1. The van der Waals surface area contributed by atoms with Crippen molar-refractivity contribution in [3.8, 4) is 11.1 Å². The lowest BCUT2D eigenvalue weighted by Gasteiger charge is -2.16. The number of rotatable bonds is 4. The quantitative estimate of drug-likeness (QED) is 0.471. The second kappa shape index (κ2) is 8.22. The maximum Gasteiger partial charge on any atom is 0.255 e. The second-order valence-electron chi connectivity index (χ2n) is 6.89. The lowest BCUT2D eigenvalue weighted by molar-refractivity contribution is 0.102. The molecule has 4 rings (SSSR count). The van der Waals surface area contributed by atoms with Gasteiger partial charge in [0, 0.05) is 22.2 Å². The van der Waals surface area contributed by atoms with E-state index >= 15 is 0 Å². The van der Waals surface area contributed by atoms with E-state index in [1.165, 1.54) is 16.7 Å². The zero-order chi connectivity index (χ0) is 19.5. The van der Waals surface area contributed by atoms with Crippen molar-refractivity contribution in [2.24, 2.45) is 0 Å². The summed E-state index contributed by atoms with van der Waals surface area (Å²) in [7, 11) is 0. The third-order valence-corrected chi connectivity index (χ3v) is 5.57. The molecule has 1 aliphatic carbocycles. The molecule has 0 aromatic heterocycles. The monoisotopic (exact) mass is 407 g/mol. The molecule has 28 heavy (non-hydrogen) atoms. The van der Waals surface area contributed by atoms with E-state index in [1.54, 1.807) is 0 Å². The molecule has 0 aliphatic heterocycles. The summed E-state index contributed by atoms with van der Waals surface area (Å²) in [5.41, 5.74) is 7.23. The van der Waals surface area contributed by atoms with Crippen LogP contribution in [0.2, 0.25) is 5.02 Å². The summed E-state index contributed by atoms with van der Waals surface area (Å²) in [6.07, 6.45) is 4.07. The van der Waals surface area contributed by atoms with Crippen LogP contribution in [0.15, 0.2) is 72.3 Å². The molecule has 0 heterocycles. The van der Waals surface area contributed by atoms with Gasteiger partial charge in [-0.05, 0) is 71.5 Å². The van der Waals surface area contributed by atoms with Crippen LogP contribution in [0.3, 0.4) is 0 Å². The minimum absolute atomic E-state index is 0.115. The second-order valence-corrected chi connectivity index (χ2v) is 7.59. The topological polar surface area (TPSA) is 29.1 Å². The Kier molecular flexibility index (Phi) is 5.52. The Morgan fingerprint density at radius 3 is 2.25 bits per heavy atom. The van der Waals surface area contributed by atoms with Crippen LogP contribution in [0, 0.1) is 0 Å². The first-order chi connectivity index (χ1) is 13.6. The minimum Gasteiger partial charge on any atom is -0.322 e. The van der Waals surface area contributed by atoms with Crippen LogP contribution in [0.1, 0.15) is 27.9 Å². The van der Waals surface area contributed by atoms with Crippen LogP contribution in [0.25, 0.3) is 17.2 Å².